The molecule has 0 aliphatic rings. The van der Waals surface area contributed by atoms with Gasteiger partial charge in [0.25, 0.3) is 0 Å². The van der Waals surface area contributed by atoms with Gasteiger partial charge in [-0.2, -0.15) is 0 Å². The van der Waals surface area contributed by atoms with E-state index in [2.05, 4.69) is 5.32 Å². The summed E-state index contributed by atoms with van der Waals surface area (Å²) in [6, 6.07) is 9.60. The zero-order valence-electron chi connectivity index (χ0n) is 18.4. The van der Waals surface area contributed by atoms with E-state index in [1.165, 1.54) is 42.2 Å². The molecule has 0 fully saturated rings. The van der Waals surface area contributed by atoms with Crippen molar-refractivity contribution in [3.8, 4) is 0 Å². The fourth-order valence-electron chi connectivity index (χ4n) is 3.21. The summed E-state index contributed by atoms with van der Waals surface area (Å²) in [6.07, 6.45) is 0.989. The monoisotopic (exact) mass is 483 g/mol. The summed E-state index contributed by atoms with van der Waals surface area (Å²) in [5.41, 5.74) is 1.07. The van der Waals surface area contributed by atoms with Crippen LogP contribution in [0.2, 0.25) is 5.02 Å². The summed E-state index contributed by atoms with van der Waals surface area (Å²) in [4.78, 5) is 26.9. The molecule has 0 aromatic heterocycles. The molecule has 1 N–H and O–H groups in total. The predicted octanol–water partition coefficient (Wildman–Crippen LogP) is 3.11. The van der Waals surface area contributed by atoms with E-state index in [-0.39, 0.29) is 12.1 Å². The number of anilines is 1. The second-order valence-electron chi connectivity index (χ2n) is 7.38. The Morgan fingerprint density at radius 1 is 1.19 bits per heavy atom. The molecule has 0 aliphatic carbocycles. The van der Waals surface area contributed by atoms with Crippen molar-refractivity contribution in [2.24, 2.45) is 0 Å². The minimum Gasteiger partial charge on any atom is -0.355 e. The van der Waals surface area contributed by atoms with Gasteiger partial charge in [0.2, 0.25) is 21.8 Å². The van der Waals surface area contributed by atoms with Gasteiger partial charge in [-0.05, 0) is 50.6 Å². The summed E-state index contributed by atoms with van der Waals surface area (Å²) in [5, 5.41) is 3.07. The van der Waals surface area contributed by atoms with Crippen molar-refractivity contribution in [1.82, 2.24) is 10.2 Å². The van der Waals surface area contributed by atoms with E-state index < -0.39 is 40.2 Å². The van der Waals surface area contributed by atoms with Crippen molar-refractivity contribution in [1.29, 1.82) is 0 Å². The largest absolute Gasteiger partial charge is 0.355 e. The molecule has 2 rings (SSSR count). The van der Waals surface area contributed by atoms with Crippen molar-refractivity contribution in [2.45, 2.75) is 33.4 Å². The van der Waals surface area contributed by atoms with E-state index in [0.717, 1.165) is 10.6 Å². The number of likely N-dealkylation sites (N-methyl/N-ethyl adjacent to an activating group) is 1. The second kappa shape index (κ2) is 10.8. The fourth-order valence-corrected chi connectivity index (χ4v) is 4.34. The number of hydrogen-bond acceptors (Lipinski definition) is 4. The molecule has 7 nitrogen and oxygen atoms in total. The molecule has 0 saturated carbocycles. The van der Waals surface area contributed by atoms with E-state index >= 15 is 0 Å². The Balaban J connectivity index is 2.43. The number of hydrogen-bond donors (Lipinski definition) is 1. The average Bonchev–Trinajstić information content (AvgIpc) is 2.70. The lowest BCUT2D eigenvalue weighted by atomic mass is 10.1. The van der Waals surface area contributed by atoms with Gasteiger partial charge < -0.3 is 10.2 Å². The van der Waals surface area contributed by atoms with Gasteiger partial charge in [0.15, 0.2) is 0 Å². The number of amides is 2. The molecule has 0 saturated heterocycles. The molecule has 0 heterocycles. The molecule has 32 heavy (non-hydrogen) atoms. The third kappa shape index (κ3) is 6.43. The van der Waals surface area contributed by atoms with Crippen LogP contribution in [-0.2, 0) is 26.2 Å². The Hall–Kier alpha value is -2.65. The van der Waals surface area contributed by atoms with Crippen LogP contribution in [0.15, 0.2) is 42.5 Å². The summed E-state index contributed by atoms with van der Waals surface area (Å²) in [5.74, 6) is -1.60. The number of rotatable bonds is 9. The first-order valence-electron chi connectivity index (χ1n) is 10.00. The minimum atomic E-state index is -3.85. The molecule has 2 amide bonds. The molecule has 0 spiro atoms. The van der Waals surface area contributed by atoms with E-state index in [1.54, 1.807) is 26.0 Å². The number of nitrogens with one attached hydrogen (secondary N) is 1. The third-order valence-corrected chi connectivity index (χ3v) is 6.29. The Morgan fingerprint density at radius 3 is 2.41 bits per heavy atom. The SMILES string of the molecule is CCNC(=O)[C@@H](C)N(Cc1ccccc1F)C(=O)CN(c1ccc(Cl)cc1C)S(C)(=O)=O. The molecule has 0 unspecified atom stereocenters. The lowest BCUT2D eigenvalue weighted by molar-refractivity contribution is -0.139. The number of carbonyl (C=O) groups excluding carboxylic acids is 2. The van der Waals surface area contributed by atoms with Crippen LogP contribution in [0.3, 0.4) is 0 Å². The topological polar surface area (TPSA) is 86.8 Å². The predicted molar refractivity (Wildman–Crippen MR) is 123 cm³/mol. The average molecular weight is 484 g/mol. The first-order valence-corrected chi connectivity index (χ1v) is 12.2. The van der Waals surface area contributed by atoms with Crippen molar-refractivity contribution in [2.75, 3.05) is 23.7 Å². The van der Waals surface area contributed by atoms with Crippen LogP contribution in [0.5, 0.6) is 0 Å². The second-order valence-corrected chi connectivity index (χ2v) is 9.73. The highest BCUT2D eigenvalue weighted by Crippen LogP contribution is 2.26. The highest BCUT2D eigenvalue weighted by molar-refractivity contribution is 7.92. The summed E-state index contributed by atoms with van der Waals surface area (Å²) in [7, 11) is -3.85. The van der Waals surface area contributed by atoms with E-state index in [1.807, 2.05) is 0 Å². The number of carbonyl (C=O) groups is 2. The standard InChI is InChI=1S/C22H27ClFN3O4S/c1-5-25-22(29)16(3)26(13-17-8-6-7-9-19(17)24)21(28)14-27(32(4,30)31)20-11-10-18(23)12-15(20)2/h6-12,16H,5,13-14H2,1-4H3,(H,25,29)/t16-/m1/s1. The van der Waals surface area contributed by atoms with Gasteiger partial charge >= 0.3 is 0 Å². The normalized spacial score (nSPS) is 12.2. The zero-order chi connectivity index (χ0) is 24.1. The van der Waals surface area contributed by atoms with Crippen LogP contribution in [0, 0.1) is 12.7 Å². The summed E-state index contributed by atoms with van der Waals surface area (Å²) < 4.78 is 40.3. The number of sulfonamides is 1. The highest BCUT2D eigenvalue weighted by Gasteiger charge is 2.30. The summed E-state index contributed by atoms with van der Waals surface area (Å²) in [6.45, 7) is 4.54. The number of nitrogens with zero attached hydrogens (tertiary/aromatic N) is 2. The quantitative estimate of drug-likeness (QED) is 0.593. The number of halogens is 2. The molecule has 2 aromatic carbocycles. The van der Waals surface area contributed by atoms with E-state index in [4.69, 9.17) is 11.6 Å². The molecular weight excluding hydrogens is 457 g/mol. The first kappa shape index (κ1) is 25.6. The van der Waals surface area contributed by atoms with Gasteiger partial charge in [-0.3, -0.25) is 13.9 Å². The molecule has 1 atom stereocenters. The van der Waals surface area contributed by atoms with Gasteiger partial charge in [-0.25, -0.2) is 12.8 Å². The number of benzene rings is 2. The Bertz CT molecular complexity index is 1090. The van der Waals surface area contributed by atoms with E-state index in [9.17, 15) is 22.4 Å². The maximum absolute atomic E-state index is 14.3. The van der Waals surface area contributed by atoms with Crippen molar-refractivity contribution >= 4 is 39.1 Å². The Labute approximate surface area is 193 Å². The maximum Gasteiger partial charge on any atom is 0.244 e. The molecule has 0 bridgehead atoms. The molecular formula is C22H27ClFN3O4S. The van der Waals surface area contributed by atoms with Crippen LogP contribution in [0.25, 0.3) is 0 Å². The number of aryl methyl sites for hydroxylation is 1. The summed E-state index contributed by atoms with van der Waals surface area (Å²) >= 11 is 5.98. The minimum absolute atomic E-state index is 0.193. The molecule has 10 heteroatoms. The van der Waals surface area contributed by atoms with E-state index in [0.29, 0.717) is 22.8 Å². The molecule has 0 aliphatic heterocycles. The zero-order valence-corrected chi connectivity index (χ0v) is 20.0. The van der Waals surface area contributed by atoms with Crippen LogP contribution in [0.1, 0.15) is 25.0 Å². The van der Waals surface area contributed by atoms with Gasteiger partial charge in [0, 0.05) is 23.7 Å². The third-order valence-electron chi connectivity index (χ3n) is 4.92. The van der Waals surface area contributed by atoms with Gasteiger partial charge in [-0.1, -0.05) is 29.8 Å². The van der Waals surface area contributed by atoms with Gasteiger partial charge in [0.1, 0.15) is 18.4 Å². The van der Waals surface area contributed by atoms with Crippen molar-refractivity contribution < 1.29 is 22.4 Å². The Kier molecular flexibility index (Phi) is 8.63. The van der Waals surface area contributed by atoms with Crippen molar-refractivity contribution in [3.05, 3.63) is 64.4 Å². The molecule has 174 valence electrons. The maximum atomic E-state index is 14.3. The first-order chi connectivity index (χ1) is 15.0. The lowest BCUT2D eigenvalue weighted by Gasteiger charge is -2.32. The van der Waals surface area contributed by atoms with Crippen LogP contribution < -0.4 is 9.62 Å². The fraction of sp³-hybridized carbons (Fsp3) is 0.364. The van der Waals surface area contributed by atoms with Crippen LogP contribution in [-0.4, -0.2) is 50.5 Å². The van der Waals surface area contributed by atoms with Crippen molar-refractivity contribution in [3.63, 3.8) is 0 Å². The van der Waals surface area contributed by atoms with Crippen LogP contribution >= 0.6 is 11.6 Å². The molecule has 0 radical (unpaired) electrons. The highest BCUT2D eigenvalue weighted by atomic mass is 35.5. The van der Waals surface area contributed by atoms with Gasteiger partial charge in [0.05, 0.1) is 11.9 Å². The van der Waals surface area contributed by atoms with Crippen LogP contribution in [0.4, 0.5) is 10.1 Å². The molecule has 2 aromatic rings. The lowest BCUT2D eigenvalue weighted by Crippen LogP contribution is -2.51. The Morgan fingerprint density at radius 2 is 1.84 bits per heavy atom. The smallest absolute Gasteiger partial charge is 0.244 e. The van der Waals surface area contributed by atoms with Gasteiger partial charge in [-0.15, -0.1) is 0 Å².